The summed E-state index contributed by atoms with van der Waals surface area (Å²) in [6, 6.07) is 11.5. The lowest BCUT2D eigenvalue weighted by atomic mass is 10.1. The second-order valence-electron chi connectivity index (χ2n) is 5.73. The van der Waals surface area contributed by atoms with Crippen molar-refractivity contribution < 1.29 is 14.3 Å². The number of rotatable bonds is 8. The van der Waals surface area contributed by atoms with Crippen molar-refractivity contribution >= 4 is 17.2 Å². The SMILES string of the molecule is CCCCOc1nc(-c2cccs2)n(C(=O)Cc2ccc(OC)cc2)n1. The van der Waals surface area contributed by atoms with E-state index in [-0.39, 0.29) is 18.3 Å². The lowest BCUT2D eigenvalue weighted by Gasteiger charge is -2.05. The molecule has 3 rings (SSSR count). The number of hydrogen-bond acceptors (Lipinski definition) is 6. The maximum Gasteiger partial charge on any atom is 0.336 e. The molecule has 0 atom stereocenters. The molecule has 6 nitrogen and oxygen atoms in total. The monoisotopic (exact) mass is 371 g/mol. The standard InChI is InChI=1S/C19H21N3O3S/c1-3-4-11-25-19-20-18(16-6-5-12-26-16)22(21-19)17(23)13-14-7-9-15(24-2)10-8-14/h5-10,12H,3-4,11,13H2,1-2H3. The fraction of sp³-hybridized carbons (Fsp3) is 0.316. The van der Waals surface area contributed by atoms with E-state index in [0.717, 1.165) is 29.0 Å². The first kappa shape index (κ1) is 18.1. The van der Waals surface area contributed by atoms with Crippen molar-refractivity contribution in [2.75, 3.05) is 13.7 Å². The molecule has 0 saturated heterocycles. The van der Waals surface area contributed by atoms with Gasteiger partial charge >= 0.3 is 6.01 Å². The minimum absolute atomic E-state index is 0.156. The van der Waals surface area contributed by atoms with Gasteiger partial charge in [0.2, 0.25) is 0 Å². The number of carbonyl (C=O) groups excluding carboxylic acids is 1. The smallest absolute Gasteiger partial charge is 0.336 e. The maximum atomic E-state index is 12.8. The van der Waals surface area contributed by atoms with Gasteiger partial charge in [0.05, 0.1) is 25.0 Å². The summed E-state index contributed by atoms with van der Waals surface area (Å²) in [6.45, 7) is 2.63. The molecule has 0 spiro atoms. The molecule has 2 aromatic heterocycles. The van der Waals surface area contributed by atoms with Gasteiger partial charge in [-0.3, -0.25) is 4.79 Å². The number of nitrogens with zero attached hydrogens (tertiary/aromatic N) is 3. The van der Waals surface area contributed by atoms with Crippen LogP contribution in [0.4, 0.5) is 0 Å². The number of ether oxygens (including phenoxy) is 2. The normalized spacial score (nSPS) is 10.7. The molecule has 1 aromatic carbocycles. The van der Waals surface area contributed by atoms with Crippen molar-refractivity contribution in [1.82, 2.24) is 14.8 Å². The number of thiophene rings is 1. The molecule has 0 saturated carbocycles. The fourth-order valence-corrected chi connectivity index (χ4v) is 3.09. The van der Waals surface area contributed by atoms with Crippen LogP contribution in [-0.2, 0) is 6.42 Å². The Kier molecular flexibility index (Phi) is 6.01. The summed E-state index contributed by atoms with van der Waals surface area (Å²) in [5, 5.41) is 6.23. The third-order valence-electron chi connectivity index (χ3n) is 3.81. The number of aromatic nitrogens is 3. The van der Waals surface area contributed by atoms with Gasteiger partial charge in [-0.25, -0.2) is 0 Å². The van der Waals surface area contributed by atoms with Crippen molar-refractivity contribution in [3.63, 3.8) is 0 Å². The summed E-state index contributed by atoms with van der Waals surface area (Å²) in [5.41, 5.74) is 0.886. The van der Waals surface area contributed by atoms with Gasteiger partial charge in [0, 0.05) is 0 Å². The Morgan fingerprint density at radius 1 is 1.23 bits per heavy atom. The topological polar surface area (TPSA) is 66.2 Å². The Morgan fingerprint density at radius 3 is 2.69 bits per heavy atom. The highest BCUT2D eigenvalue weighted by Gasteiger charge is 2.19. The van der Waals surface area contributed by atoms with Crippen LogP contribution in [0.5, 0.6) is 11.8 Å². The van der Waals surface area contributed by atoms with Gasteiger partial charge < -0.3 is 9.47 Å². The van der Waals surface area contributed by atoms with Gasteiger partial charge in [0.25, 0.3) is 5.91 Å². The Morgan fingerprint density at radius 2 is 2.04 bits per heavy atom. The van der Waals surface area contributed by atoms with E-state index in [4.69, 9.17) is 9.47 Å². The zero-order chi connectivity index (χ0) is 18.4. The van der Waals surface area contributed by atoms with Gasteiger partial charge in [-0.2, -0.15) is 9.67 Å². The van der Waals surface area contributed by atoms with Crippen molar-refractivity contribution in [3.8, 4) is 22.5 Å². The van der Waals surface area contributed by atoms with E-state index in [1.165, 1.54) is 16.0 Å². The van der Waals surface area contributed by atoms with E-state index in [2.05, 4.69) is 17.0 Å². The number of unbranched alkanes of at least 4 members (excludes halogenated alkanes) is 1. The minimum atomic E-state index is -0.156. The van der Waals surface area contributed by atoms with E-state index in [1.54, 1.807) is 7.11 Å². The molecule has 0 amide bonds. The molecule has 3 aromatic rings. The van der Waals surface area contributed by atoms with Crippen LogP contribution in [0.1, 0.15) is 30.1 Å². The van der Waals surface area contributed by atoms with Crippen LogP contribution in [0, 0.1) is 0 Å². The lowest BCUT2D eigenvalue weighted by Crippen LogP contribution is -2.16. The predicted octanol–water partition coefficient (Wildman–Crippen LogP) is 4.08. The van der Waals surface area contributed by atoms with Crippen molar-refractivity contribution in [2.24, 2.45) is 0 Å². The fourth-order valence-electron chi connectivity index (χ4n) is 2.39. The molecule has 0 unspecified atom stereocenters. The molecular formula is C19H21N3O3S. The van der Waals surface area contributed by atoms with Gasteiger partial charge in [0.1, 0.15) is 5.75 Å². The van der Waals surface area contributed by atoms with E-state index in [0.29, 0.717) is 12.4 Å². The second kappa shape index (κ2) is 8.62. The molecule has 0 N–H and O–H groups in total. The minimum Gasteiger partial charge on any atom is -0.497 e. The highest BCUT2D eigenvalue weighted by atomic mass is 32.1. The first-order valence-corrected chi connectivity index (χ1v) is 9.39. The summed E-state index contributed by atoms with van der Waals surface area (Å²) in [4.78, 5) is 18.1. The van der Waals surface area contributed by atoms with Gasteiger partial charge in [-0.15, -0.1) is 16.4 Å². The third-order valence-corrected chi connectivity index (χ3v) is 4.67. The average Bonchev–Trinajstić information content (AvgIpc) is 3.32. The molecular weight excluding hydrogens is 350 g/mol. The molecule has 0 fully saturated rings. The summed E-state index contributed by atoms with van der Waals surface area (Å²) in [5.74, 6) is 1.12. The molecule has 7 heteroatoms. The lowest BCUT2D eigenvalue weighted by molar-refractivity contribution is 0.0898. The molecule has 0 aliphatic carbocycles. The quantitative estimate of drug-likeness (QED) is 0.558. The largest absolute Gasteiger partial charge is 0.497 e. The Hall–Kier alpha value is -2.67. The number of benzene rings is 1. The maximum absolute atomic E-state index is 12.8. The number of hydrogen-bond donors (Lipinski definition) is 0. The summed E-state index contributed by atoms with van der Waals surface area (Å²) < 4.78 is 12.1. The summed E-state index contributed by atoms with van der Waals surface area (Å²) in [6.07, 6.45) is 2.16. The Balaban J connectivity index is 1.82. The highest BCUT2D eigenvalue weighted by Crippen LogP contribution is 2.25. The molecule has 2 heterocycles. The first-order chi connectivity index (χ1) is 12.7. The van der Waals surface area contributed by atoms with Crippen LogP contribution in [0.25, 0.3) is 10.7 Å². The zero-order valence-electron chi connectivity index (χ0n) is 14.8. The number of methoxy groups -OCH3 is 1. The Labute approximate surface area is 156 Å². The molecule has 26 heavy (non-hydrogen) atoms. The van der Waals surface area contributed by atoms with E-state index < -0.39 is 0 Å². The molecule has 0 aliphatic heterocycles. The van der Waals surface area contributed by atoms with Crippen molar-refractivity contribution in [2.45, 2.75) is 26.2 Å². The first-order valence-electron chi connectivity index (χ1n) is 8.51. The second-order valence-corrected chi connectivity index (χ2v) is 6.68. The molecule has 0 aliphatic rings. The van der Waals surface area contributed by atoms with Crippen LogP contribution in [0.15, 0.2) is 41.8 Å². The highest BCUT2D eigenvalue weighted by molar-refractivity contribution is 7.13. The van der Waals surface area contributed by atoms with E-state index in [1.807, 2.05) is 41.8 Å². The van der Waals surface area contributed by atoms with Crippen LogP contribution < -0.4 is 9.47 Å². The summed E-state index contributed by atoms with van der Waals surface area (Å²) in [7, 11) is 1.61. The van der Waals surface area contributed by atoms with E-state index >= 15 is 0 Å². The molecule has 0 radical (unpaired) electrons. The summed E-state index contributed by atoms with van der Waals surface area (Å²) >= 11 is 1.51. The van der Waals surface area contributed by atoms with Crippen LogP contribution in [0.3, 0.4) is 0 Å². The predicted molar refractivity (Wildman–Crippen MR) is 101 cm³/mol. The van der Waals surface area contributed by atoms with Crippen LogP contribution in [0.2, 0.25) is 0 Å². The Bertz CT molecular complexity index is 842. The van der Waals surface area contributed by atoms with Crippen molar-refractivity contribution in [3.05, 3.63) is 47.3 Å². The van der Waals surface area contributed by atoms with Gasteiger partial charge in [-0.05, 0) is 35.6 Å². The molecule has 0 bridgehead atoms. The zero-order valence-corrected chi connectivity index (χ0v) is 15.7. The molecule has 136 valence electrons. The number of carbonyl (C=O) groups is 1. The van der Waals surface area contributed by atoms with Crippen molar-refractivity contribution in [1.29, 1.82) is 0 Å². The van der Waals surface area contributed by atoms with Crippen LogP contribution in [-0.4, -0.2) is 34.4 Å². The average molecular weight is 371 g/mol. The van der Waals surface area contributed by atoms with E-state index in [9.17, 15) is 4.79 Å². The third kappa shape index (κ3) is 4.29. The van der Waals surface area contributed by atoms with Gasteiger partial charge in [0.15, 0.2) is 5.82 Å². The van der Waals surface area contributed by atoms with Crippen LogP contribution >= 0.6 is 11.3 Å². The van der Waals surface area contributed by atoms with Gasteiger partial charge in [-0.1, -0.05) is 31.5 Å².